The minimum atomic E-state index is 0.445. The van der Waals surface area contributed by atoms with Crippen LogP contribution < -0.4 is 14.8 Å². The molecule has 2 aromatic rings. The van der Waals surface area contributed by atoms with Crippen LogP contribution in [0.4, 0.5) is 0 Å². The van der Waals surface area contributed by atoms with Gasteiger partial charge >= 0.3 is 0 Å². The lowest BCUT2D eigenvalue weighted by molar-refractivity contribution is 0.382. The van der Waals surface area contributed by atoms with Crippen molar-refractivity contribution >= 4 is 17.3 Å². The van der Waals surface area contributed by atoms with Gasteiger partial charge in [0.25, 0.3) is 0 Å². The van der Waals surface area contributed by atoms with E-state index in [2.05, 4.69) is 39.6 Å². The van der Waals surface area contributed by atoms with Crippen LogP contribution in [0.5, 0.6) is 11.5 Å². The lowest BCUT2D eigenvalue weighted by Gasteiger charge is -2.24. The van der Waals surface area contributed by atoms with Crippen molar-refractivity contribution in [3.63, 3.8) is 0 Å². The Bertz CT molecular complexity index is 686. The lowest BCUT2D eigenvalue weighted by atomic mass is 10.1. The molecule has 6 heteroatoms. The number of thiophene rings is 1. The van der Waals surface area contributed by atoms with E-state index in [0.29, 0.717) is 12.5 Å². The number of nitrogens with zero attached hydrogens (tertiary/aromatic N) is 2. The van der Waals surface area contributed by atoms with Crippen LogP contribution in [0.15, 0.2) is 40.7 Å². The van der Waals surface area contributed by atoms with Gasteiger partial charge in [-0.1, -0.05) is 13.0 Å². The van der Waals surface area contributed by atoms with E-state index in [1.807, 2.05) is 25.2 Å². The van der Waals surface area contributed by atoms with Gasteiger partial charge in [0.2, 0.25) is 0 Å². The Balaban J connectivity index is 1.99. The SMILES string of the molecule is CN=C(NCC(C)c1cccs1)N(C)Cc1ccc(OC)cc1OC. The van der Waals surface area contributed by atoms with Crippen molar-refractivity contribution < 1.29 is 9.47 Å². The van der Waals surface area contributed by atoms with Gasteiger partial charge in [-0.25, -0.2) is 0 Å². The van der Waals surface area contributed by atoms with Crippen LogP contribution >= 0.6 is 11.3 Å². The highest BCUT2D eigenvalue weighted by atomic mass is 32.1. The average Bonchev–Trinajstić information content (AvgIpc) is 3.17. The summed E-state index contributed by atoms with van der Waals surface area (Å²) in [6, 6.07) is 10.1. The minimum Gasteiger partial charge on any atom is -0.497 e. The summed E-state index contributed by atoms with van der Waals surface area (Å²) in [6.07, 6.45) is 0. The first kappa shape index (κ1) is 19.1. The Morgan fingerprint density at radius 3 is 2.68 bits per heavy atom. The maximum atomic E-state index is 5.48. The summed E-state index contributed by atoms with van der Waals surface area (Å²) in [5.74, 6) is 2.91. The average molecular weight is 362 g/mol. The van der Waals surface area contributed by atoms with E-state index >= 15 is 0 Å². The third kappa shape index (κ3) is 5.13. The topological polar surface area (TPSA) is 46.1 Å². The molecule has 0 saturated carbocycles. The van der Waals surface area contributed by atoms with Crippen LogP contribution in [0.25, 0.3) is 0 Å². The molecule has 25 heavy (non-hydrogen) atoms. The van der Waals surface area contributed by atoms with E-state index in [4.69, 9.17) is 9.47 Å². The lowest BCUT2D eigenvalue weighted by Crippen LogP contribution is -2.40. The molecule has 0 aliphatic heterocycles. The molecule has 0 saturated heterocycles. The summed E-state index contributed by atoms with van der Waals surface area (Å²) in [7, 11) is 7.16. The van der Waals surface area contributed by atoms with Crippen molar-refractivity contribution in [1.82, 2.24) is 10.2 Å². The normalized spacial score (nSPS) is 12.6. The third-order valence-corrected chi connectivity index (χ3v) is 5.17. The number of rotatable bonds is 7. The molecule has 1 aromatic carbocycles. The first-order valence-corrected chi connectivity index (χ1v) is 9.13. The van der Waals surface area contributed by atoms with Crippen molar-refractivity contribution in [3.8, 4) is 11.5 Å². The molecule has 0 radical (unpaired) electrons. The Morgan fingerprint density at radius 2 is 2.08 bits per heavy atom. The Hall–Kier alpha value is -2.21. The number of hydrogen-bond acceptors (Lipinski definition) is 4. The maximum Gasteiger partial charge on any atom is 0.193 e. The molecule has 1 atom stereocenters. The van der Waals surface area contributed by atoms with Gasteiger partial charge in [0.1, 0.15) is 11.5 Å². The van der Waals surface area contributed by atoms with Crippen molar-refractivity contribution in [3.05, 3.63) is 46.2 Å². The van der Waals surface area contributed by atoms with Gasteiger partial charge in [-0.2, -0.15) is 0 Å². The summed E-state index contributed by atoms with van der Waals surface area (Å²) in [6.45, 7) is 3.76. The van der Waals surface area contributed by atoms with Crippen molar-refractivity contribution in [2.45, 2.75) is 19.4 Å². The van der Waals surface area contributed by atoms with E-state index in [0.717, 1.165) is 29.6 Å². The number of hydrogen-bond donors (Lipinski definition) is 1. The molecular weight excluding hydrogens is 334 g/mol. The molecule has 1 unspecified atom stereocenters. The third-order valence-electron chi connectivity index (χ3n) is 4.07. The number of nitrogens with one attached hydrogen (secondary N) is 1. The van der Waals surface area contributed by atoms with Gasteiger partial charge in [0.05, 0.1) is 14.2 Å². The number of methoxy groups -OCH3 is 2. The Kier molecular flexibility index (Phi) is 7.13. The van der Waals surface area contributed by atoms with Crippen molar-refractivity contribution in [2.75, 3.05) is 34.9 Å². The summed E-state index contributed by atoms with van der Waals surface area (Å²) >= 11 is 1.79. The predicted molar refractivity (Wildman–Crippen MR) is 105 cm³/mol. The molecule has 0 amide bonds. The zero-order chi connectivity index (χ0) is 18.2. The van der Waals surface area contributed by atoms with Crippen molar-refractivity contribution in [2.24, 2.45) is 4.99 Å². The van der Waals surface area contributed by atoms with Gasteiger partial charge in [-0.15, -0.1) is 11.3 Å². The second kappa shape index (κ2) is 9.32. The number of guanidine groups is 1. The Morgan fingerprint density at radius 1 is 1.28 bits per heavy atom. The highest BCUT2D eigenvalue weighted by Gasteiger charge is 2.13. The molecule has 2 rings (SSSR count). The molecule has 1 heterocycles. The minimum absolute atomic E-state index is 0.445. The van der Waals surface area contributed by atoms with Gasteiger partial charge in [0, 0.05) is 49.6 Å². The number of aliphatic imine (C=N–C) groups is 1. The predicted octanol–water partition coefficient (Wildman–Crippen LogP) is 3.58. The number of ether oxygens (including phenoxy) is 2. The quantitative estimate of drug-likeness (QED) is 0.605. The zero-order valence-electron chi connectivity index (χ0n) is 15.6. The van der Waals surface area contributed by atoms with E-state index < -0.39 is 0 Å². The smallest absolute Gasteiger partial charge is 0.193 e. The highest BCUT2D eigenvalue weighted by molar-refractivity contribution is 7.10. The standard InChI is InChI=1S/C19H27N3O2S/c1-14(18-7-6-10-25-18)12-21-19(20-2)22(3)13-15-8-9-16(23-4)11-17(15)24-5/h6-11,14H,12-13H2,1-5H3,(H,20,21). The molecule has 0 fully saturated rings. The summed E-state index contributed by atoms with van der Waals surface area (Å²) in [5.41, 5.74) is 1.08. The van der Waals surface area contributed by atoms with Gasteiger partial charge in [0.15, 0.2) is 5.96 Å². The van der Waals surface area contributed by atoms with Crippen LogP contribution in [0.3, 0.4) is 0 Å². The first-order chi connectivity index (χ1) is 12.1. The van der Waals surface area contributed by atoms with Crippen LogP contribution in [0, 0.1) is 0 Å². The summed E-state index contributed by atoms with van der Waals surface area (Å²) in [5, 5.41) is 5.57. The Labute approximate surface area is 154 Å². The summed E-state index contributed by atoms with van der Waals surface area (Å²) in [4.78, 5) is 7.86. The molecule has 0 spiro atoms. The fourth-order valence-electron chi connectivity index (χ4n) is 2.61. The molecule has 1 N–H and O–H groups in total. The van der Waals surface area contributed by atoms with Crippen LogP contribution in [-0.4, -0.2) is 45.7 Å². The van der Waals surface area contributed by atoms with Crippen LogP contribution in [0.1, 0.15) is 23.3 Å². The molecule has 0 aliphatic carbocycles. The largest absolute Gasteiger partial charge is 0.497 e. The monoisotopic (exact) mass is 361 g/mol. The van der Waals surface area contributed by atoms with Crippen LogP contribution in [0.2, 0.25) is 0 Å². The fourth-order valence-corrected chi connectivity index (χ4v) is 3.40. The van der Waals surface area contributed by atoms with Crippen molar-refractivity contribution in [1.29, 1.82) is 0 Å². The zero-order valence-corrected chi connectivity index (χ0v) is 16.4. The molecule has 0 bridgehead atoms. The van der Waals surface area contributed by atoms with Gasteiger partial charge in [-0.3, -0.25) is 4.99 Å². The molecule has 5 nitrogen and oxygen atoms in total. The van der Waals surface area contributed by atoms with E-state index in [9.17, 15) is 0 Å². The van der Waals surface area contributed by atoms with Crippen LogP contribution in [-0.2, 0) is 6.54 Å². The number of benzene rings is 1. The van der Waals surface area contributed by atoms with E-state index in [1.165, 1.54) is 4.88 Å². The molecule has 136 valence electrons. The molecular formula is C19H27N3O2S. The second-order valence-corrected chi connectivity index (χ2v) is 6.86. The molecule has 0 aliphatic rings. The second-order valence-electron chi connectivity index (χ2n) is 5.88. The fraction of sp³-hybridized carbons (Fsp3) is 0.421. The summed E-state index contributed by atoms with van der Waals surface area (Å²) < 4.78 is 10.7. The first-order valence-electron chi connectivity index (χ1n) is 8.25. The van der Waals surface area contributed by atoms with Gasteiger partial charge < -0.3 is 19.7 Å². The highest BCUT2D eigenvalue weighted by Crippen LogP contribution is 2.25. The maximum absolute atomic E-state index is 5.48. The van der Waals surface area contributed by atoms with E-state index in [-0.39, 0.29) is 0 Å². The van der Waals surface area contributed by atoms with E-state index in [1.54, 1.807) is 32.6 Å². The van der Waals surface area contributed by atoms with Gasteiger partial charge in [-0.05, 0) is 23.6 Å². The molecule has 1 aromatic heterocycles.